The zero-order chi connectivity index (χ0) is 9.90. The zero-order valence-electron chi connectivity index (χ0n) is 6.34. The topological polar surface area (TPSA) is 17.1 Å². The van der Waals surface area contributed by atoms with Gasteiger partial charge in [0, 0.05) is 17.3 Å². The van der Waals surface area contributed by atoms with Crippen molar-refractivity contribution in [3.05, 3.63) is 35.9 Å². The van der Waals surface area contributed by atoms with Gasteiger partial charge in [0.05, 0.1) is 0 Å². The molecule has 13 heavy (non-hydrogen) atoms. The van der Waals surface area contributed by atoms with Gasteiger partial charge in [-0.25, -0.2) is 0 Å². The highest BCUT2D eigenvalue weighted by Gasteiger charge is 2.32. The number of carbonyl (C=O) groups excluding carboxylic acids is 1. The van der Waals surface area contributed by atoms with Gasteiger partial charge in [0.1, 0.15) is 0 Å². The quantitative estimate of drug-likeness (QED) is 0.702. The molecule has 0 saturated carbocycles. The molecule has 0 N–H and O–H groups in total. The lowest BCUT2D eigenvalue weighted by Crippen LogP contribution is -2.06. The second-order valence-corrected chi connectivity index (χ2v) is 3.24. The van der Waals surface area contributed by atoms with Crippen LogP contribution in [0.15, 0.2) is 30.3 Å². The van der Waals surface area contributed by atoms with Crippen LogP contribution in [-0.2, 0) is 0 Å². The van der Waals surface area contributed by atoms with Crippen molar-refractivity contribution >= 4 is 16.9 Å². The summed E-state index contributed by atoms with van der Waals surface area (Å²) in [6, 6.07) is 7.37. The summed E-state index contributed by atoms with van der Waals surface area (Å²) >= 11 is -0.629. The van der Waals surface area contributed by atoms with Crippen LogP contribution in [0.3, 0.4) is 0 Å². The maximum atomic E-state index is 11.7. The summed E-state index contributed by atoms with van der Waals surface area (Å²) in [7, 11) is 0. The summed E-state index contributed by atoms with van der Waals surface area (Å²) in [6.45, 7) is 0. The highest BCUT2D eigenvalue weighted by Crippen LogP contribution is 2.32. The Kier molecular flexibility index (Phi) is 2.98. The minimum atomic E-state index is -4.51. The molecule has 0 saturated heterocycles. The number of alkyl halides is 3. The molecule has 0 bridgehead atoms. The Labute approximate surface area is 76.9 Å². The smallest absolute Gasteiger partial charge is 0.281 e. The Morgan fingerprint density at radius 3 is 2.15 bits per heavy atom. The first-order valence-corrected chi connectivity index (χ1v) is 4.16. The van der Waals surface area contributed by atoms with E-state index in [0.29, 0.717) is 0 Å². The number of halogens is 3. The molecule has 0 heterocycles. The van der Waals surface area contributed by atoms with E-state index in [2.05, 4.69) is 0 Å². The van der Waals surface area contributed by atoms with Crippen molar-refractivity contribution in [1.29, 1.82) is 0 Å². The Morgan fingerprint density at radius 1 is 1.15 bits per heavy atom. The molecule has 0 aliphatic carbocycles. The minimum Gasteiger partial charge on any atom is -0.281 e. The van der Waals surface area contributed by atoms with E-state index in [9.17, 15) is 18.0 Å². The van der Waals surface area contributed by atoms with Crippen LogP contribution in [0.2, 0.25) is 0 Å². The molecule has 1 aromatic rings. The number of hydrogen-bond donors (Lipinski definition) is 0. The predicted molar refractivity (Wildman–Crippen MR) is 44.4 cm³/mol. The van der Waals surface area contributed by atoms with E-state index < -0.39 is 22.4 Å². The van der Waals surface area contributed by atoms with Crippen molar-refractivity contribution < 1.29 is 18.0 Å². The number of benzene rings is 1. The van der Waals surface area contributed by atoms with Gasteiger partial charge in [0.25, 0.3) is 0 Å². The van der Waals surface area contributed by atoms with Crippen LogP contribution in [-0.4, -0.2) is 10.6 Å². The molecule has 70 valence electrons. The molecule has 0 aromatic heterocycles. The zero-order valence-corrected chi connectivity index (χ0v) is 7.15. The lowest BCUT2D eigenvalue weighted by Gasteiger charge is -2.03. The van der Waals surface area contributed by atoms with Crippen molar-refractivity contribution in [1.82, 2.24) is 0 Å². The van der Waals surface area contributed by atoms with Gasteiger partial charge in [-0.3, -0.25) is 4.79 Å². The van der Waals surface area contributed by atoms with Crippen LogP contribution in [0.25, 0.3) is 0 Å². The van der Waals surface area contributed by atoms with Crippen LogP contribution in [0, 0.1) is 0 Å². The summed E-state index contributed by atoms with van der Waals surface area (Å²) in [5, 5.41) is -0.979. The molecular formula is C8H5F3OS. The minimum absolute atomic E-state index is 0.0600. The third-order valence-electron chi connectivity index (χ3n) is 1.22. The lowest BCUT2D eigenvalue weighted by molar-refractivity contribution is -0.0322. The fourth-order valence-electron chi connectivity index (χ4n) is 0.738. The fraction of sp³-hybridized carbons (Fsp3) is 0.125. The first-order chi connectivity index (χ1) is 5.99. The summed E-state index contributed by atoms with van der Waals surface area (Å²) in [4.78, 5) is 10.9. The second kappa shape index (κ2) is 3.83. The van der Waals surface area contributed by atoms with Crippen molar-refractivity contribution in [2.45, 2.75) is 5.51 Å². The van der Waals surface area contributed by atoms with E-state index in [1.54, 1.807) is 6.07 Å². The van der Waals surface area contributed by atoms with Gasteiger partial charge in [-0.1, -0.05) is 30.3 Å². The number of carbonyl (C=O) groups is 1. The molecule has 0 unspecified atom stereocenters. The van der Waals surface area contributed by atoms with Gasteiger partial charge < -0.3 is 0 Å². The van der Waals surface area contributed by atoms with Gasteiger partial charge in [-0.2, -0.15) is 13.2 Å². The molecule has 1 nitrogen and oxygen atoms in total. The highest BCUT2D eigenvalue weighted by molar-refractivity contribution is 8.14. The molecule has 5 heteroatoms. The van der Waals surface area contributed by atoms with Gasteiger partial charge in [-0.05, 0) is 0 Å². The van der Waals surface area contributed by atoms with Crippen molar-refractivity contribution in [2.24, 2.45) is 0 Å². The van der Waals surface area contributed by atoms with Gasteiger partial charge in [0.2, 0.25) is 5.12 Å². The van der Waals surface area contributed by atoms with Crippen molar-refractivity contribution in [2.75, 3.05) is 0 Å². The van der Waals surface area contributed by atoms with E-state index in [0.717, 1.165) is 0 Å². The van der Waals surface area contributed by atoms with Crippen LogP contribution >= 0.6 is 11.8 Å². The fourth-order valence-corrected chi connectivity index (χ4v) is 1.20. The van der Waals surface area contributed by atoms with Crippen LogP contribution in [0.1, 0.15) is 10.4 Å². The Bertz CT molecular complexity index is 294. The molecule has 0 spiro atoms. The van der Waals surface area contributed by atoms with Gasteiger partial charge in [0.15, 0.2) is 0 Å². The molecule has 0 aliphatic heterocycles. The molecule has 0 aliphatic rings. The molecule has 1 aromatic carbocycles. The standard InChI is InChI=1S/C8H5F3OS/c9-8(10,11)13-7(12)6-4-2-1-3-5-6/h1-5H. The van der Waals surface area contributed by atoms with E-state index in [1.165, 1.54) is 24.3 Å². The first kappa shape index (κ1) is 10.1. The molecule has 0 radical (unpaired) electrons. The van der Waals surface area contributed by atoms with Crippen LogP contribution < -0.4 is 0 Å². The molecular weight excluding hydrogens is 201 g/mol. The molecule has 1 rings (SSSR count). The van der Waals surface area contributed by atoms with Crippen LogP contribution in [0.5, 0.6) is 0 Å². The maximum Gasteiger partial charge on any atom is 0.449 e. The van der Waals surface area contributed by atoms with Gasteiger partial charge >= 0.3 is 5.51 Å². The second-order valence-electron chi connectivity index (χ2n) is 2.20. The van der Waals surface area contributed by atoms with Crippen molar-refractivity contribution in [3.8, 4) is 0 Å². The van der Waals surface area contributed by atoms with Gasteiger partial charge in [-0.15, -0.1) is 0 Å². The predicted octanol–water partition coefficient (Wildman–Crippen LogP) is 3.08. The van der Waals surface area contributed by atoms with E-state index in [4.69, 9.17) is 0 Å². The summed E-state index contributed by atoms with van der Waals surface area (Å²) < 4.78 is 35.2. The summed E-state index contributed by atoms with van der Waals surface area (Å²) in [6.07, 6.45) is 0. The Hall–Kier alpha value is -0.970. The Morgan fingerprint density at radius 2 is 1.69 bits per heavy atom. The maximum absolute atomic E-state index is 11.7. The molecule has 0 atom stereocenters. The van der Waals surface area contributed by atoms with E-state index >= 15 is 0 Å². The number of rotatable bonds is 1. The third-order valence-corrected chi connectivity index (χ3v) is 1.87. The summed E-state index contributed by atoms with van der Waals surface area (Å²) in [5.74, 6) is 0. The van der Waals surface area contributed by atoms with E-state index in [1.807, 2.05) is 0 Å². The monoisotopic (exact) mass is 206 g/mol. The number of hydrogen-bond acceptors (Lipinski definition) is 2. The SMILES string of the molecule is O=C(SC(F)(F)F)c1ccccc1. The molecule has 0 fully saturated rings. The van der Waals surface area contributed by atoms with Crippen molar-refractivity contribution in [3.63, 3.8) is 0 Å². The average molecular weight is 206 g/mol. The molecule has 0 amide bonds. The lowest BCUT2D eigenvalue weighted by atomic mass is 10.2. The Balaban J connectivity index is 2.71. The summed E-state index contributed by atoms with van der Waals surface area (Å²) in [5.41, 5.74) is -4.45. The normalized spacial score (nSPS) is 11.3. The third kappa shape index (κ3) is 3.50. The highest BCUT2D eigenvalue weighted by atomic mass is 32.2. The van der Waals surface area contributed by atoms with Crippen LogP contribution in [0.4, 0.5) is 13.2 Å². The van der Waals surface area contributed by atoms with E-state index in [-0.39, 0.29) is 5.56 Å². The average Bonchev–Trinajstić information content (AvgIpc) is 2.03. The first-order valence-electron chi connectivity index (χ1n) is 3.34. The number of thioether (sulfide) groups is 1. The largest absolute Gasteiger partial charge is 0.449 e.